The van der Waals surface area contributed by atoms with Crippen molar-refractivity contribution in [2.24, 2.45) is 5.14 Å². The summed E-state index contributed by atoms with van der Waals surface area (Å²) < 4.78 is 16.8. The fourth-order valence-corrected chi connectivity index (χ4v) is 0.713. The molecule has 56 valence electrons. The Morgan fingerprint density at radius 2 is 2.00 bits per heavy atom. The summed E-state index contributed by atoms with van der Waals surface area (Å²) in [6, 6.07) is 0. The Morgan fingerprint density at radius 1 is 1.56 bits per heavy atom. The summed E-state index contributed by atoms with van der Waals surface area (Å²) in [4.78, 5) is 9.78. The van der Waals surface area contributed by atoms with E-state index < -0.39 is 16.7 Å². The summed E-state index contributed by atoms with van der Waals surface area (Å²) >= 11 is 0. The van der Waals surface area contributed by atoms with Crippen molar-refractivity contribution >= 4 is 16.7 Å². The molecule has 0 bridgehead atoms. The van der Waals surface area contributed by atoms with Gasteiger partial charge < -0.3 is 5.11 Å². The zero-order valence-electron chi connectivity index (χ0n) is 4.65. The van der Waals surface area contributed by atoms with Gasteiger partial charge in [-0.05, 0) is 0 Å². The van der Waals surface area contributed by atoms with Crippen LogP contribution in [0.25, 0.3) is 0 Å². The molecule has 0 amide bonds. The molecule has 0 aromatic carbocycles. The maximum Gasteiger partial charge on any atom is 0.304 e. The van der Waals surface area contributed by atoms with E-state index in [1.807, 2.05) is 0 Å². The Hall–Kier alpha value is -0.300. The second kappa shape index (κ2) is 3.02. The molecule has 9 heavy (non-hydrogen) atoms. The highest BCUT2D eigenvalue weighted by Gasteiger charge is 2.06. The van der Waals surface area contributed by atoms with Crippen LogP contribution in [0.2, 0.25) is 0 Å². The maximum atomic E-state index is 9.78. The van der Waals surface area contributed by atoms with Crippen molar-refractivity contribution in [1.82, 2.24) is 0 Å². The van der Waals surface area contributed by atoms with E-state index in [0.717, 1.165) is 0 Å². The van der Waals surface area contributed by atoms with Crippen molar-refractivity contribution in [3.05, 3.63) is 0 Å². The first-order chi connectivity index (χ1) is 3.92. The lowest BCUT2D eigenvalue weighted by Crippen LogP contribution is -2.14. The number of carboxylic acids is 1. The van der Waals surface area contributed by atoms with E-state index in [0.29, 0.717) is 0 Å². The van der Waals surface area contributed by atoms with Crippen molar-refractivity contribution in [3.8, 4) is 0 Å². The second-order valence-corrected chi connectivity index (χ2v) is 3.41. The molecule has 0 fully saturated rings. The lowest BCUT2D eigenvalue weighted by molar-refractivity contribution is -0.136. The number of nitrogens with two attached hydrogens (primary N) is 1. The van der Waals surface area contributed by atoms with Crippen molar-refractivity contribution in [2.75, 3.05) is 5.75 Å². The number of carbonyl (C=O) groups is 1. The molecule has 0 saturated heterocycles. The van der Waals surface area contributed by atoms with Gasteiger partial charge in [-0.2, -0.15) is 0 Å². The zero-order valence-corrected chi connectivity index (χ0v) is 5.47. The van der Waals surface area contributed by atoms with E-state index in [2.05, 4.69) is 0 Å². The van der Waals surface area contributed by atoms with E-state index in [4.69, 9.17) is 19.4 Å². The topological polar surface area (TPSA) is 104 Å². The van der Waals surface area contributed by atoms with Crippen LogP contribution in [0.1, 0.15) is 6.42 Å². The molecular weight excluding hydrogens is 146 g/mol. The predicted octanol–water partition coefficient (Wildman–Crippen LogP) is 0.0854. The van der Waals surface area contributed by atoms with Crippen molar-refractivity contribution in [1.29, 1.82) is 0 Å². The zero-order chi connectivity index (χ0) is 7.49. The minimum Gasteiger partial charge on any atom is -0.481 e. The molecule has 0 unspecified atom stereocenters. The van der Waals surface area contributed by atoms with Gasteiger partial charge in [0.15, 0.2) is 0 Å². The van der Waals surface area contributed by atoms with E-state index >= 15 is 0 Å². The van der Waals surface area contributed by atoms with Gasteiger partial charge in [0.25, 0.3) is 0 Å². The highest BCUT2D eigenvalue weighted by Crippen LogP contribution is 2.27. The Morgan fingerprint density at radius 3 is 2.11 bits per heavy atom. The average molecular weight is 155 g/mol. The lowest BCUT2D eigenvalue weighted by Gasteiger charge is -2.24. The molecule has 0 aliphatic carbocycles. The smallest absolute Gasteiger partial charge is 0.304 e. The van der Waals surface area contributed by atoms with Crippen LogP contribution in [-0.2, 0) is 4.79 Å². The molecular formula is C3H9NO4S. The lowest BCUT2D eigenvalue weighted by atomic mass is 10.5. The number of aliphatic carboxylic acids is 1. The van der Waals surface area contributed by atoms with E-state index in [9.17, 15) is 4.79 Å². The highest BCUT2D eigenvalue weighted by molar-refractivity contribution is 8.22. The molecule has 0 rings (SSSR count). The number of rotatable bonds is 3. The SMILES string of the molecule is NS(O)(O)CCC(=O)O. The van der Waals surface area contributed by atoms with Crippen molar-refractivity contribution in [2.45, 2.75) is 6.42 Å². The van der Waals surface area contributed by atoms with Crippen LogP contribution in [0.15, 0.2) is 0 Å². The third-order valence-electron chi connectivity index (χ3n) is 0.616. The molecule has 0 saturated carbocycles. The fraction of sp³-hybridized carbons (Fsp3) is 0.667. The summed E-state index contributed by atoms with van der Waals surface area (Å²) in [7, 11) is -3.10. The predicted molar refractivity (Wildman–Crippen MR) is 34.2 cm³/mol. The van der Waals surface area contributed by atoms with E-state index in [-0.39, 0.29) is 12.2 Å². The van der Waals surface area contributed by atoms with Crippen LogP contribution in [0, 0.1) is 0 Å². The van der Waals surface area contributed by atoms with Crippen molar-refractivity contribution < 1.29 is 19.0 Å². The van der Waals surface area contributed by atoms with Gasteiger partial charge in [-0.3, -0.25) is 13.9 Å². The molecule has 0 spiro atoms. The Bertz CT molecular complexity index is 109. The van der Waals surface area contributed by atoms with Gasteiger partial charge in [-0.1, -0.05) is 0 Å². The second-order valence-electron chi connectivity index (χ2n) is 1.57. The minimum absolute atomic E-state index is 0.275. The Kier molecular flexibility index (Phi) is 2.92. The standard InChI is InChI=1S/C3H9NO4S/c4-9(7,8)2-1-3(5)6/h7-8H,1-2,4H2,(H,5,6). The Balaban J connectivity index is 3.39. The van der Waals surface area contributed by atoms with E-state index in [1.165, 1.54) is 0 Å². The maximum absolute atomic E-state index is 9.78. The summed E-state index contributed by atoms with van der Waals surface area (Å²) in [5.41, 5.74) is 0. The van der Waals surface area contributed by atoms with Gasteiger partial charge in [0.2, 0.25) is 0 Å². The first-order valence-electron chi connectivity index (χ1n) is 2.17. The van der Waals surface area contributed by atoms with Crippen LogP contribution in [-0.4, -0.2) is 25.9 Å². The highest BCUT2D eigenvalue weighted by atomic mass is 32.3. The molecule has 0 aliphatic rings. The molecule has 5 N–H and O–H groups in total. The number of carboxylic acid groups (broad SMARTS) is 1. The van der Waals surface area contributed by atoms with Crippen LogP contribution >= 0.6 is 10.8 Å². The first-order valence-corrected chi connectivity index (χ1v) is 3.95. The van der Waals surface area contributed by atoms with Gasteiger partial charge >= 0.3 is 5.97 Å². The van der Waals surface area contributed by atoms with Crippen LogP contribution < -0.4 is 5.14 Å². The normalized spacial score (nSPS) is 13.2. The summed E-state index contributed by atoms with van der Waals surface area (Å²) in [5.74, 6) is -1.36. The molecule has 5 nitrogen and oxygen atoms in total. The first kappa shape index (κ1) is 8.70. The molecule has 0 heterocycles. The number of hydrogen-bond acceptors (Lipinski definition) is 4. The van der Waals surface area contributed by atoms with Gasteiger partial charge in [-0.25, -0.2) is 5.14 Å². The monoisotopic (exact) mass is 155 g/mol. The van der Waals surface area contributed by atoms with Gasteiger partial charge in [0, 0.05) is 0 Å². The summed E-state index contributed by atoms with van der Waals surface area (Å²) in [6.07, 6.45) is -0.307. The summed E-state index contributed by atoms with van der Waals surface area (Å²) in [5, 5.41) is 12.7. The van der Waals surface area contributed by atoms with E-state index in [1.54, 1.807) is 0 Å². The minimum atomic E-state index is -3.10. The fourth-order valence-electron chi connectivity index (χ4n) is 0.238. The molecule has 6 heteroatoms. The average Bonchev–Trinajstić information content (AvgIpc) is 1.59. The van der Waals surface area contributed by atoms with Crippen molar-refractivity contribution in [3.63, 3.8) is 0 Å². The van der Waals surface area contributed by atoms with Gasteiger partial charge in [0.05, 0.1) is 12.2 Å². The third kappa shape index (κ3) is 7.70. The molecule has 0 aromatic rings. The molecule has 0 aromatic heterocycles. The summed E-state index contributed by atoms with van der Waals surface area (Å²) in [6.45, 7) is 0. The Labute approximate surface area is 54.0 Å². The quantitative estimate of drug-likeness (QED) is 0.462. The van der Waals surface area contributed by atoms with Crippen LogP contribution in [0.4, 0.5) is 0 Å². The number of hydrogen-bond donors (Lipinski definition) is 4. The molecule has 0 atom stereocenters. The van der Waals surface area contributed by atoms with Crippen LogP contribution in [0.3, 0.4) is 0 Å². The molecule has 0 radical (unpaired) electrons. The van der Waals surface area contributed by atoms with Gasteiger partial charge in [0.1, 0.15) is 0 Å². The largest absolute Gasteiger partial charge is 0.481 e. The van der Waals surface area contributed by atoms with Gasteiger partial charge in [-0.15, -0.1) is 10.8 Å². The third-order valence-corrected chi connectivity index (χ3v) is 1.42. The molecule has 0 aliphatic heterocycles. The van der Waals surface area contributed by atoms with Crippen LogP contribution in [0.5, 0.6) is 0 Å².